The number of methoxy groups -OCH3 is 1. The minimum Gasteiger partial charge on any atom is -0.383 e. The van der Waals surface area contributed by atoms with Gasteiger partial charge in [0.25, 0.3) is 0 Å². The second kappa shape index (κ2) is 9.24. The first-order valence-electron chi connectivity index (χ1n) is 7.35. The van der Waals surface area contributed by atoms with E-state index in [9.17, 15) is 18.0 Å². The van der Waals surface area contributed by atoms with Crippen molar-refractivity contribution in [1.29, 1.82) is 0 Å². The van der Waals surface area contributed by atoms with Gasteiger partial charge in [0.1, 0.15) is 0 Å². The molecule has 0 bridgehead atoms. The molecule has 9 heteroatoms. The molecule has 0 aliphatic heterocycles. The number of benzene rings is 1. The zero-order chi connectivity index (χ0) is 18.2. The van der Waals surface area contributed by atoms with Crippen molar-refractivity contribution in [2.24, 2.45) is 0 Å². The molecule has 0 saturated heterocycles. The van der Waals surface area contributed by atoms with E-state index >= 15 is 0 Å². The molecule has 2 N–H and O–H groups in total. The molecule has 0 aliphatic carbocycles. The molecule has 1 aromatic carbocycles. The number of amides is 2. The van der Waals surface area contributed by atoms with Crippen molar-refractivity contribution in [3.63, 3.8) is 0 Å². The zero-order valence-electron chi connectivity index (χ0n) is 14.0. The van der Waals surface area contributed by atoms with Crippen LogP contribution in [0.25, 0.3) is 0 Å². The molecule has 0 aliphatic rings. The molecule has 0 fully saturated rings. The van der Waals surface area contributed by atoms with Crippen molar-refractivity contribution in [2.45, 2.75) is 13.3 Å². The van der Waals surface area contributed by atoms with Gasteiger partial charge in [0.05, 0.1) is 18.6 Å². The Bertz CT molecular complexity index is 658. The van der Waals surface area contributed by atoms with E-state index in [-0.39, 0.29) is 24.8 Å². The van der Waals surface area contributed by atoms with Crippen molar-refractivity contribution in [1.82, 2.24) is 5.32 Å². The van der Waals surface area contributed by atoms with Crippen LogP contribution in [-0.4, -0.2) is 53.3 Å². The molecule has 24 heavy (non-hydrogen) atoms. The molecule has 0 saturated carbocycles. The van der Waals surface area contributed by atoms with Crippen LogP contribution in [0.1, 0.15) is 13.3 Å². The summed E-state index contributed by atoms with van der Waals surface area (Å²) in [5.41, 5.74) is 0.994. The van der Waals surface area contributed by atoms with E-state index in [1.54, 1.807) is 24.3 Å². The summed E-state index contributed by atoms with van der Waals surface area (Å²) in [6.45, 7) is 2.18. The maximum Gasteiger partial charge on any atom is 0.232 e. The molecule has 0 aromatic heterocycles. The fourth-order valence-electron chi connectivity index (χ4n) is 1.98. The Morgan fingerprint density at radius 1 is 1.21 bits per heavy atom. The fourth-order valence-corrected chi connectivity index (χ4v) is 2.91. The average molecular weight is 357 g/mol. The highest BCUT2D eigenvalue weighted by Gasteiger charge is 2.18. The number of sulfonamides is 1. The third-order valence-electron chi connectivity index (χ3n) is 3.05. The van der Waals surface area contributed by atoms with Gasteiger partial charge in [-0.3, -0.25) is 13.9 Å². The topological polar surface area (TPSA) is 105 Å². The molecule has 0 heterocycles. The number of anilines is 2. The van der Waals surface area contributed by atoms with Gasteiger partial charge in [0, 0.05) is 39.2 Å². The molecule has 0 atom stereocenters. The van der Waals surface area contributed by atoms with Crippen molar-refractivity contribution < 1.29 is 22.7 Å². The Morgan fingerprint density at radius 3 is 2.33 bits per heavy atom. The third kappa shape index (κ3) is 6.97. The van der Waals surface area contributed by atoms with E-state index in [4.69, 9.17) is 4.74 Å². The van der Waals surface area contributed by atoms with Gasteiger partial charge in [0.15, 0.2) is 0 Å². The summed E-state index contributed by atoms with van der Waals surface area (Å²) < 4.78 is 29.9. The Kier molecular flexibility index (Phi) is 7.66. The maximum absolute atomic E-state index is 12.0. The van der Waals surface area contributed by atoms with Crippen LogP contribution in [0.4, 0.5) is 11.4 Å². The molecule has 1 rings (SSSR count). The lowest BCUT2D eigenvalue weighted by Gasteiger charge is -2.22. The van der Waals surface area contributed by atoms with Crippen molar-refractivity contribution >= 4 is 33.2 Å². The highest BCUT2D eigenvalue weighted by Crippen LogP contribution is 2.20. The molecule has 2 amide bonds. The molecule has 0 radical (unpaired) electrons. The van der Waals surface area contributed by atoms with Gasteiger partial charge in [0.2, 0.25) is 21.8 Å². The molecule has 134 valence electrons. The SMILES string of the molecule is COCCNC(=O)CCN(c1ccc(NC(C)=O)cc1)S(C)(=O)=O. The van der Waals surface area contributed by atoms with E-state index in [0.717, 1.165) is 10.6 Å². The summed E-state index contributed by atoms with van der Waals surface area (Å²) in [6, 6.07) is 6.37. The highest BCUT2D eigenvalue weighted by atomic mass is 32.2. The van der Waals surface area contributed by atoms with Crippen LogP contribution in [0.5, 0.6) is 0 Å². The second-order valence-corrected chi connectivity index (χ2v) is 7.06. The first-order chi connectivity index (χ1) is 11.2. The van der Waals surface area contributed by atoms with Gasteiger partial charge < -0.3 is 15.4 Å². The number of nitrogens with zero attached hydrogens (tertiary/aromatic N) is 1. The number of nitrogens with one attached hydrogen (secondary N) is 2. The molecular formula is C15H23N3O5S. The molecule has 0 spiro atoms. The van der Waals surface area contributed by atoms with Crippen molar-refractivity contribution in [3.05, 3.63) is 24.3 Å². The van der Waals surface area contributed by atoms with Crippen LogP contribution >= 0.6 is 0 Å². The van der Waals surface area contributed by atoms with E-state index in [2.05, 4.69) is 10.6 Å². The predicted molar refractivity (Wildman–Crippen MR) is 92.4 cm³/mol. The van der Waals surface area contributed by atoms with Gasteiger partial charge >= 0.3 is 0 Å². The highest BCUT2D eigenvalue weighted by molar-refractivity contribution is 7.92. The normalized spacial score (nSPS) is 11.0. The number of carbonyl (C=O) groups is 2. The summed E-state index contributed by atoms with van der Waals surface area (Å²) in [5, 5.41) is 5.25. The quantitative estimate of drug-likeness (QED) is 0.629. The van der Waals surface area contributed by atoms with Crippen LogP contribution in [0.3, 0.4) is 0 Å². The van der Waals surface area contributed by atoms with Gasteiger partial charge in [-0.15, -0.1) is 0 Å². The summed E-state index contributed by atoms with van der Waals surface area (Å²) in [7, 11) is -2.00. The minimum atomic E-state index is -3.53. The number of hydrogen-bond donors (Lipinski definition) is 2. The number of ether oxygens (including phenoxy) is 1. The van der Waals surface area contributed by atoms with Crippen LogP contribution in [0, 0.1) is 0 Å². The van der Waals surface area contributed by atoms with Gasteiger partial charge in [-0.1, -0.05) is 0 Å². The lowest BCUT2D eigenvalue weighted by atomic mass is 10.2. The van der Waals surface area contributed by atoms with Crippen molar-refractivity contribution in [2.75, 3.05) is 42.7 Å². The molecule has 1 aromatic rings. The van der Waals surface area contributed by atoms with E-state index in [0.29, 0.717) is 24.5 Å². The summed E-state index contributed by atoms with van der Waals surface area (Å²) in [5.74, 6) is -0.467. The fraction of sp³-hybridized carbons (Fsp3) is 0.467. The molecular weight excluding hydrogens is 334 g/mol. The van der Waals surface area contributed by atoms with Crippen LogP contribution in [0.15, 0.2) is 24.3 Å². The average Bonchev–Trinajstić information content (AvgIpc) is 2.47. The number of carbonyl (C=O) groups excluding carboxylic acids is 2. The number of rotatable bonds is 9. The predicted octanol–water partition coefficient (Wildman–Crippen LogP) is 0.564. The Balaban J connectivity index is 2.76. The summed E-state index contributed by atoms with van der Waals surface area (Å²) >= 11 is 0. The summed E-state index contributed by atoms with van der Waals surface area (Å²) in [4.78, 5) is 22.7. The maximum atomic E-state index is 12.0. The summed E-state index contributed by atoms with van der Waals surface area (Å²) in [6.07, 6.45) is 1.11. The van der Waals surface area contributed by atoms with Gasteiger partial charge in [-0.2, -0.15) is 0 Å². The van der Waals surface area contributed by atoms with E-state index < -0.39 is 10.0 Å². The zero-order valence-corrected chi connectivity index (χ0v) is 14.9. The van der Waals surface area contributed by atoms with Crippen molar-refractivity contribution in [3.8, 4) is 0 Å². The largest absolute Gasteiger partial charge is 0.383 e. The minimum absolute atomic E-state index is 0.0249. The molecule has 0 unspecified atom stereocenters. The smallest absolute Gasteiger partial charge is 0.232 e. The van der Waals surface area contributed by atoms with Gasteiger partial charge in [-0.05, 0) is 24.3 Å². The first kappa shape index (κ1) is 19.9. The number of hydrogen-bond acceptors (Lipinski definition) is 5. The molecule has 8 nitrogen and oxygen atoms in total. The van der Waals surface area contributed by atoms with Crippen LogP contribution in [0.2, 0.25) is 0 Å². The van der Waals surface area contributed by atoms with E-state index in [1.807, 2.05) is 0 Å². The Labute approximate surface area is 142 Å². The van der Waals surface area contributed by atoms with Gasteiger partial charge in [-0.25, -0.2) is 8.42 Å². The standard InChI is InChI=1S/C15H23N3O5S/c1-12(19)17-13-4-6-14(7-5-13)18(24(3,21)22)10-8-15(20)16-9-11-23-2/h4-7H,8-11H2,1-3H3,(H,16,20)(H,17,19). The van der Waals surface area contributed by atoms with Crippen LogP contribution < -0.4 is 14.9 Å². The van der Waals surface area contributed by atoms with Crippen LogP contribution in [-0.2, 0) is 24.3 Å². The lowest BCUT2D eigenvalue weighted by Crippen LogP contribution is -2.35. The second-order valence-electron chi connectivity index (χ2n) is 5.16. The van der Waals surface area contributed by atoms with E-state index in [1.165, 1.54) is 14.0 Å². The Hall–Kier alpha value is -2.13. The monoisotopic (exact) mass is 357 g/mol. The lowest BCUT2D eigenvalue weighted by molar-refractivity contribution is -0.121. The third-order valence-corrected chi connectivity index (χ3v) is 4.24. The first-order valence-corrected chi connectivity index (χ1v) is 9.20. The Morgan fingerprint density at radius 2 is 1.83 bits per heavy atom.